The smallest absolute Gasteiger partial charge is 0.0346 e. The maximum absolute atomic E-state index is 5.87. The van der Waals surface area contributed by atoms with Crippen LogP contribution in [0.25, 0.3) is 0 Å². The van der Waals surface area contributed by atoms with E-state index in [9.17, 15) is 0 Å². The van der Waals surface area contributed by atoms with E-state index in [4.69, 9.17) is 5.73 Å². The Morgan fingerprint density at radius 3 is 3.00 bits per heavy atom. The molecule has 1 unspecified atom stereocenters. The molecule has 0 aromatic heterocycles. The summed E-state index contributed by atoms with van der Waals surface area (Å²) in [7, 11) is 0. The van der Waals surface area contributed by atoms with Crippen LogP contribution in [0.4, 0.5) is 5.69 Å². The highest BCUT2D eigenvalue weighted by molar-refractivity contribution is 5.48. The van der Waals surface area contributed by atoms with Crippen LogP contribution in [0.3, 0.4) is 0 Å². The van der Waals surface area contributed by atoms with Crippen molar-refractivity contribution in [2.45, 2.75) is 32.2 Å². The molecule has 14 heavy (non-hydrogen) atoms. The van der Waals surface area contributed by atoms with Crippen LogP contribution in [0, 0.1) is 6.92 Å². The molecule has 1 heterocycles. The summed E-state index contributed by atoms with van der Waals surface area (Å²) in [5, 5.41) is 3.50. The van der Waals surface area contributed by atoms with Crippen molar-refractivity contribution in [2.24, 2.45) is 0 Å². The van der Waals surface area contributed by atoms with Gasteiger partial charge in [0.15, 0.2) is 0 Å². The van der Waals surface area contributed by atoms with Crippen LogP contribution in [-0.2, 0) is 6.42 Å². The molecule has 1 atom stereocenters. The molecule has 1 fully saturated rings. The van der Waals surface area contributed by atoms with Gasteiger partial charge in [-0.15, -0.1) is 0 Å². The van der Waals surface area contributed by atoms with Crippen LogP contribution in [-0.4, -0.2) is 12.6 Å². The van der Waals surface area contributed by atoms with Gasteiger partial charge in [-0.2, -0.15) is 0 Å². The van der Waals surface area contributed by atoms with Crippen LogP contribution >= 0.6 is 0 Å². The average molecular weight is 190 g/mol. The minimum atomic E-state index is 0.664. The summed E-state index contributed by atoms with van der Waals surface area (Å²) < 4.78 is 0. The SMILES string of the molecule is Cc1ccc(CC2CCCN2)cc1N. The molecule has 2 rings (SSSR count). The van der Waals surface area contributed by atoms with Gasteiger partial charge in [-0.25, -0.2) is 0 Å². The number of nitrogens with two attached hydrogens (primary N) is 1. The lowest BCUT2D eigenvalue weighted by molar-refractivity contribution is 0.603. The van der Waals surface area contributed by atoms with E-state index in [2.05, 4.69) is 23.5 Å². The maximum atomic E-state index is 5.87. The highest BCUT2D eigenvalue weighted by atomic mass is 14.9. The van der Waals surface area contributed by atoms with Crippen molar-refractivity contribution in [1.82, 2.24) is 5.32 Å². The topological polar surface area (TPSA) is 38.0 Å². The molecule has 76 valence electrons. The molecule has 3 N–H and O–H groups in total. The Labute approximate surface area is 85.5 Å². The first-order valence-electron chi connectivity index (χ1n) is 5.34. The Bertz CT molecular complexity index is 314. The predicted molar refractivity (Wildman–Crippen MR) is 60.3 cm³/mol. The highest BCUT2D eigenvalue weighted by Crippen LogP contribution is 2.17. The minimum absolute atomic E-state index is 0.664. The monoisotopic (exact) mass is 190 g/mol. The van der Waals surface area contributed by atoms with Crippen LogP contribution in [0.2, 0.25) is 0 Å². The number of nitrogen functional groups attached to an aromatic ring is 1. The van der Waals surface area contributed by atoms with E-state index in [-0.39, 0.29) is 0 Å². The molecule has 0 amide bonds. The number of rotatable bonds is 2. The fourth-order valence-corrected chi connectivity index (χ4v) is 2.03. The van der Waals surface area contributed by atoms with E-state index in [1.54, 1.807) is 0 Å². The van der Waals surface area contributed by atoms with Crippen LogP contribution in [0.1, 0.15) is 24.0 Å². The first-order chi connectivity index (χ1) is 6.75. The van der Waals surface area contributed by atoms with Crippen molar-refractivity contribution < 1.29 is 0 Å². The summed E-state index contributed by atoms with van der Waals surface area (Å²) >= 11 is 0. The van der Waals surface area contributed by atoms with Gasteiger partial charge in [-0.05, 0) is 49.9 Å². The largest absolute Gasteiger partial charge is 0.399 e. The van der Waals surface area contributed by atoms with Gasteiger partial charge in [0, 0.05) is 11.7 Å². The van der Waals surface area contributed by atoms with Crippen LogP contribution < -0.4 is 11.1 Å². The van der Waals surface area contributed by atoms with Crippen molar-refractivity contribution in [3.8, 4) is 0 Å². The molecular weight excluding hydrogens is 172 g/mol. The highest BCUT2D eigenvalue weighted by Gasteiger charge is 2.14. The van der Waals surface area contributed by atoms with Crippen LogP contribution in [0.5, 0.6) is 0 Å². The lowest BCUT2D eigenvalue weighted by atomic mass is 10.0. The molecule has 1 aromatic carbocycles. The number of hydrogen-bond acceptors (Lipinski definition) is 2. The van der Waals surface area contributed by atoms with Gasteiger partial charge in [-0.1, -0.05) is 12.1 Å². The summed E-state index contributed by atoms with van der Waals surface area (Å²) in [6.45, 7) is 3.22. The number of benzene rings is 1. The Hall–Kier alpha value is -1.02. The standard InChI is InChI=1S/C12H18N2/c1-9-4-5-10(8-12(9)13)7-11-3-2-6-14-11/h4-5,8,11,14H,2-3,6-7,13H2,1H3. The zero-order chi connectivity index (χ0) is 9.97. The third-order valence-electron chi connectivity index (χ3n) is 2.99. The van der Waals surface area contributed by atoms with Crippen molar-refractivity contribution in [1.29, 1.82) is 0 Å². The van der Waals surface area contributed by atoms with E-state index in [1.165, 1.54) is 30.5 Å². The predicted octanol–water partition coefficient (Wildman–Crippen LogP) is 1.87. The van der Waals surface area contributed by atoms with Gasteiger partial charge in [-0.3, -0.25) is 0 Å². The van der Waals surface area contributed by atoms with Gasteiger partial charge in [0.2, 0.25) is 0 Å². The molecule has 2 heteroatoms. The summed E-state index contributed by atoms with van der Waals surface area (Å²) in [6.07, 6.45) is 3.73. The molecule has 1 aliphatic rings. The van der Waals surface area contributed by atoms with Gasteiger partial charge < -0.3 is 11.1 Å². The maximum Gasteiger partial charge on any atom is 0.0346 e. The van der Waals surface area contributed by atoms with Gasteiger partial charge in [0.25, 0.3) is 0 Å². The fraction of sp³-hybridized carbons (Fsp3) is 0.500. The molecule has 0 bridgehead atoms. The van der Waals surface area contributed by atoms with Gasteiger partial charge in [0.05, 0.1) is 0 Å². The first kappa shape index (κ1) is 9.53. The van der Waals surface area contributed by atoms with E-state index in [0.717, 1.165) is 12.1 Å². The van der Waals surface area contributed by atoms with Crippen molar-refractivity contribution in [3.63, 3.8) is 0 Å². The fourth-order valence-electron chi connectivity index (χ4n) is 2.03. The summed E-state index contributed by atoms with van der Waals surface area (Å²) in [4.78, 5) is 0. The van der Waals surface area contributed by atoms with E-state index in [0.29, 0.717) is 6.04 Å². The lowest BCUT2D eigenvalue weighted by Gasteiger charge is -2.11. The minimum Gasteiger partial charge on any atom is -0.399 e. The summed E-state index contributed by atoms with van der Waals surface area (Å²) in [5.74, 6) is 0. The normalized spacial score (nSPS) is 21.4. The second kappa shape index (κ2) is 4.01. The second-order valence-electron chi connectivity index (χ2n) is 4.19. The Kier molecular flexibility index (Phi) is 2.73. The Morgan fingerprint density at radius 1 is 1.50 bits per heavy atom. The number of anilines is 1. The zero-order valence-electron chi connectivity index (χ0n) is 8.72. The Balaban J connectivity index is 2.05. The third-order valence-corrected chi connectivity index (χ3v) is 2.99. The van der Waals surface area contributed by atoms with E-state index < -0.39 is 0 Å². The van der Waals surface area contributed by atoms with Crippen molar-refractivity contribution in [3.05, 3.63) is 29.3 Å². The third kappa shape index (κ3) is 2.07. The molecule has 1 aromatic rings. The van der Waals surface area contributed by atoms with Crippen LogP contribution in [0.15, 0.2) is 18.2 Å². The molecular formula is C12H18N2. The quantitative estimate of drug-likeness (QED) is 0.699. The molecule has 2 nitrogen and oxygen atoms in total. The zero-order valence-corrected chi connectivity index (χ0v) is 8.72. The van der Waals surface area contributed by atoms with E-state index >= 15 is 0 Å². The number of aryl methyl sites for hydroxylation is 1. The second-order valence-corrected chi connectivity index (χ2v) is 4.19. The number of nitrogens with one attached hydrogen (secondary N) is 1. The molecule has 0 aliphatic carbocycles. The van der Waals surface area contributed by atoms with E-state index in [1.807, 2.05) is 6.92 Å². The van der Waals surface area contributed by atoms with Gasteiger partial charge in [0.1, 0.15) is 0 Å². The number of hydrogen-bond donors (Lipinski definition) is 2. The molecule has 0 saturated carbocycles. The Morgan fingerprint density at radius 2 is 2.36 bits per heavy atom. The molecule has 1 saturated heterocycles. The van der Waals surface area contributed by atoms with Gasteiger partial charge >= 0.3 is 0 Å². The van der Waals surface area contributed by atoms with Crippen molar-refractivity contribution >= 4 is 5.69 Å². The average Bonchev–Trinajstić information content (AvgIpc) is 2.64. The molecule has 0 radical (unpaired) electrons. The summed E-state index contributed by atoms with van der Waals surface area (Å²) in [5.41, 5.74) is 9.32. The first-order valence-corrected chi connectivity index (χ1v) is 5.34. The molecule has 0 spiro atoms. The lowest BCUT2D eigenvalue weighted by Crippen LogP contribution is -2.23. The van der Waals surface area contributed by atoms with Crippen molar-refractivity contribution in [2.75, 3.05) is 12.3 Å². The summed E-state index contributed by atoms with van der Waals surface area (Å²) in [6, 6.07) is 7.07. The molecule has 1 aliphatic heterocycles.